The highest BCUT2D eigenvalue weighted by molar-refractivity contribution is 6.35. The Morgan fingerprint density at radius 1 is 1.38 bits per heavy atom. The number of hydrogen-bond acceptors (Lipinski definition) is 3. The highest BCUT2D eigenvalue weighted by Gasteiger charge is 2.22. The van der Waals surface area contributed by atoms with E-state index in [1.54, 1.807) is 0 Å². The fourth-order valence-corrected chi connectivity index (χ4v) is 3.03. The molecule has 0 saturated carbocycles. The molecule has 2 N–H and O–H groups in total. The second-order valence-corrected chi connectivity index (χ2v) is 5.59. The van der Waals surface area contributed by atoms with E-state index in [4.69, 9.17) is 21.8 Å². The maximum absolute atomic E-state index is 6.41. The Balaban J connectivity index is 2.10. The average molecular weight is 304 g/mol. The second kappa shape index (κ2) is 5.20. The van der Waals surface area contributed by atoms with Gasteiger partial charge >= 0.3 is 0 Å². The predicted octanol–water partition coefficient (Wildman–Crippen LogP) is 3.97. The van der Waals surface area contributed by atoms with Crippen LogP contribution in [0.2, 0.25) is 5.02 Å². The van der Waals surface area contributed by atoms with Crippen LogP contribution in [0.4, 0.5) is 0 Å². The summed E-state index contributed by atoms with van der Waals surface area (Å²) in [6.45, 7) is 6.90. The van der Waals surface area contributed by atoms with E-state index in [0.29, 0.717) is 10.8 Å². The number of halogens is 1. The molecule has 0 amide bonds. The molecule has 21 heavy (non-hydrogen) atoms. The molecule has 110 valence electrons. The fraction of sp³-hybridized carbons (Fsp3) is 0.312. The van der Waals surface area contributed by atoms with Crippen LogP contribution in [0.1, 0.15) is 35.7 Å². The molecule has 0 aliphatic carbocycles. The molecule has 0 aliphatic rings. The van der Waals surface area contributed by atoms with Crippen molar-refractivity contribution in [1.29, 1.82) is 0 Å². The number of nitrogens with zero attached hydrogens (tertiary/aromatic N) is 2. The maximum Gasteiger partial charge on any atom is 0.135 e. The lowest BCUT2D eigenvalue weighted by atomic mass is 10.0. The molecule has 1 unspecified atom stereocenters. The molecule has 0 saturated heterocycles. The van der Waals surface area contributed by atoms with Crippen LogP contribution < -0.4 is 5.73 Å². The van der Waals surface area contributed by atoms with Gasteiger partial charge in [-0.2, -0.15) is 5.10 Å². The third-order valence-electron chi connectivity index (χ3n) is 3.88. The molecule has 0 bridgehead atoms. The Hall–Kier alpha value is -1.78. The van der Waals surface area contributed by atoms with Gasteiger partial charge in [-0.1, -0.05) is 17.7 Å². The molecule has 3 aromatic rings. The quantitative estimate of drug-likeness (QED) is 0.796. The summed E-state index contributed by atoms with van der Waals surface area (Å²) in [5, 5.41) is 6.08. The van der Waals surface area contributed by atoms with Gasteiger partial charge in [-0.05, 0) is 39.0 Å². The monoisotopic (exact) mass is 303 g/mol. The Morgan fingerprint density at radius 3 is 2.76 bits per heavy atom. The summed E-state index contributed by atoms with van der Waals surface area (Å²) >= 11 is 6.19. The van der Waals surface area contributed by atoms with Gasteiger partial charge in [0, 0.05) is 23.2 Å². The lowest BCUT2D eigenvalue weighted by Gasteiger charge is -2.09. The summed E-state index contributed by atoms with van der Waals surface area (Å²) in [6, 6.07) is 7.20. The van der Waals surface area contributed by atoms with E-state index in [9.17, 15) is 0 Å². The fourth-order valence-electron chi connectivity index (χ4n) is 2.81. The van der Waals surface area contributed by atoms with Gasteiger partial charge in [0.05, 0.1) is 16.8 Å². The highest BCUT2D eigenvalue weighted by atomic mass is 35.5. The van der Waals surface area contributed by atoms with Crippen molar-refractivity contribution >= 4 is 22.6 Å². The van der Waals surface area contributed by atoms with Crippen molar-refractivity contribution in [3.05, 3.63) is 52.0 Å². The zero-order valence-electron chi connectivity index (χ0n) is 12.4. The molecule has 0 fully saturated rings. The molecule has 2 aromatic heterocycles. The third kappa shape index (κ3) is 2.24. The van der Waals surface area contributed by atoms with Crippen LogP contribution in [-0.2, 0) is 6.54 Å². The number of aryl methyl sites for hydroxylation is 2. The Labute approximate surface area is 128 Å². The molecular formula is C16H18ClN3O. The van der Waals surface area contributed by atoms with Crippen LogP contribution in [0.3, 0.4) is 0 Å². The maximum atomic E-state index is 6.41. The van der Waals surface area contributed by atoms with Gasteiger partial charge in [0.1, 0.15) is 11.3 Å². The first kappa shape index (κ1) is 14.2. The third-order valence-corrected chi connectivity index (χ3v) is 4.21. The van der Waals surface area contributed by atoms with E-state index < -0.39 is 0 Å². The van der Waals surface area contributed by atoms with Gasteiger partial charge in [0.15, 0.2) is 0 Å². The van der Waals surface area contributed by atoms with Crippen molar-refractivity contribution in [2.75, 3.05) is 0 Å². The van der Waals surface area contributed by atoms with E-state index in [0.717, 1.165) is 34.5 Å². The first-order valence-electron chi connectivity index (χ1n) is 7.00. The first-order valence-corrected chi connectivity index (χ1v) is 7.38. The largest absolute Gasteiger partial charge is 0.459 e. The summed E-state index contributed by atoms with van der Waals surface area (Å²) in [5.41, 5.74) is 10.2. The minimum Gasteiger partial charge on any atom is -0.459 e. The van der Waals surface area contributed by atoms with Crippen molar-refractivity contribution in [2.45, 2.75) is 33.4 Å². The number of hydrogen-bond donors (Lipinski definition) is 1. The van der Waals surface area contributed by atoms with Crippen LogP contribution in [0, 0.1) is 13.8 Å². The lowest BCUT2D eigenvalue weighted by Crippen LogP contribution is -2.13. The molecule has 3 rings (SSSR count). The Kier molecular flexibility index (Phi) is 3.51. The molecule has 1 aromatic carbocycles. The zero-order valence-corrected chi connectivity index (χ0v) is 13.1. The minimum absolute atomic E-state index is 0.339. The molecule has 1 atom stereocenters. The van der Waals surface area contributed by atoms with E-state index in [-0.39, 0.29) is 6.04 Å². The number of furan rings is 1. The average Bonchev–Trinajstić information content (AvgIpc) is 3.01. The number of nitrogens with two attached hydrogens (primary N) is 1. The van der Waals surface area contributed by atoms with E-state index >= 15 is 0 Å². The molecule has 5 heteroatoms. The van der Waals surface area contributed by atoms with Crippen LogP contribution in [0.25, 0.3) is 11.0 Å². The predicted molar refractivity (Wildman–Crippen MR) is 84.6 cm³/mol. The molecule has 0 aliphatic heterocycles. The van der Waals surface area contributed by atoms with Crippen molar-refractivity contribution in [2.24, 2.45) is 5.73 Å². The van der Waals surface area contributed by atoms with Crippen LogP contribution in [0.5, 0.6) is 0 Å². The van der Waals surface area contributed by atoms with Crippen LogP contribution in [-0.4, -0.2) is 9.78 Å². The van der Waals surface area contributed by atoms with Crippen molar-refractivity contribution in [3.63, 3.8) is 0 Å². The summed E-state index contributed by atoms with van der Waals surface area (Å²) in [7, 11) is 0. The number of fused-ring (bicyclic) bond motifs is 1. The number of rotatable bonds is 3. The van der Waals surface area contributed by atoms with Gasteiger partial charge in [0.25, 0.3) is 0 Å². The lowest BCUT2D eigenvalue weighted by molar-refractivity contribution is 0.523. The summed E-state index contributed by atoms with van der Waals surface area (Å²) in [5.74, 6) is 0.708. The van der Waals surface area contributed by atoms with Crippen molar-refractivity contribution < 1.29 is 4.42 Å². The molecular weight excluding hydrogens is 286 g/mol. The topological polar surface area (TPSA) is 57.0 Å². The summed E-state index contributed by atoms with van der Waals surface area (Å²) in [6.07, 6.45) is 0. The van der Waals surface area contributed by atoms with Gasteiger partial charge < -0.3 is 10.2 Å². The Morgan fingerprint density at radius 2 is 2.14 bits per heavy atom. The van der Waals surface area contributed by atoms with Gasteiger partial charge in [-0.3, -0.25) is 4.68 Å². The SMILES string of the molecule is CCn1nc(C)c(C(N)c2cc3c(Cl)cccc3o2)c1C. The van der Waals surface area contributed by atoms with Gasteiger partial charge in [-0.15, -0.1) is 0 Å². The number of aromatic nitrogens is 2. The second-order valence-electron chi connectivity index (χ2n) is 5.18. The van der Waals surface area contributed by atoms with Gasteiger partial charge in [-0.25, -0.2) is 0 Å². The van der Waals surface area contributed by atoms with Crippen LogP contribution >= 0.6 is 11.6 Å². The minimum atomic E-state index is -0.339. The number of benzene rings is 1. The molecule has 0 spiro atoms. The molecule has 0 radical (unpaired) electrons. The molecule has 2 heterocycles. The smallest absolute Gasteiger partial charge is 0.135 e. The van der Waals surface area contributed by atoms with E-state index in [1.807, 2.05) is 42.8 Å². The Bertz CT molecular complexity index is 803. The molecule has 4 nitrogen and oxygen atoms in total. The highest BCUT2D eigenvalue weighted by Crippen LogP contribution is 2.32. The van der Waals surface area contributed by atoms with E-state index in [1.165, 1.54) is 0 Å². The standard InChI is InChI=1S/C16H18ClN3O/c1-4-20-10(3)15(9(2)19-20)16(18)14-8-11-12(17)6-5-7-13(11)21-14/h5-8,16H,4,18H2,1-3H3. The summed E-state index contributed by atoms with van der Waals surface area (Å²) in [4.78, 5) is 0. The van der Waals surface area contributed by atoms with Crippen molar-refractivity contribution in [1.82, 2.24) is 9.78 Å². The zero-order chi connectivity index (χ0) is 15.1. The van der Waals surface area contributed by atoms with Gasteiger partial charge in [0.2, 0.25) is 0 Å². The van der Waals surface area contributed by atoms with Crippen LogP contribution in [0.15, 0.2) is 28.7 Å². The van der Waals surface area contributed by atoms with Crippen molar-refractivity contribution in [3.8, 4) is 0 Å². The summed E-state index contributed by atoms with van der Waals surface area (Å²) < 4.78 is 7.83. The normalized spacial score (nSPS) is 13.0. The first-order chi connectivity index (χ1) is 10.0. The van der Waals surface area contributed by atoms with E-state index in [2.05, 4.69) is 12.0 Å².